The molecule has 0 aliphatic rings. The van der Waals surface area contributed by atoms with Crippen LogP contribution in [0.2, 0.25) is 0 Å². The Bertz CT molecular complexity index is 1010. The number of fused-ring (bicyclic) bond motifs is 1. The van der Waals surface area contributed by atoms with Crippen molar-refractivity contribution in [3.63, 3.8) is 0 Å². The molecule has 0 aliphatic carbocycles. The lowest BCUT2D eigenvalue weighted by Crippen LogP contribution is -2.31. The summed E-state index contributed by atoms with van der Waals surface area (Å²) in [7, 11) is 0. The third-order valence-corrected chi connectivity index (χ3v) is 5.23. The van der Waals surface area contributed by atoms with E-state index in [1.54, 1.807) is 17.2 Å². The monoisotopic (exact) mass is 403 g/mol. The maximum Gasteiger partial charge on any atom is 0.416 e. The van der Waals surface area contributed by atoms with E-state index < -0.39 is 17.7 Å². The van der Waals surface area contributed by atoms with Crippen LogP contribution in [-0.4, -0.2) is 33.3 Å². The predicted molar refractivity (Wildman–Crippen MR) is 106 cm³/mol. The van der Waals surface area contributed by atoms with E-state index in [1.165, 1.54) is 6.07 Å². The number of carbonyl (C=O) groups is 1. The van der Waals surface area contributed by atoms with Gasteiger partial charge in [-0.15, -0.1) is 0 Å². The number of hydrogen-bond donors (Lipinski definition) is 0. The van der Waals surface area contributed by atoms with Crippen molar-refractivity contribution in [2.75, 3.05) is 13.1 Å². The minimum atomic E-state index is -4.44. The first kappa shape index (κ1) is 20.9. The van der Waals surface area contributed by atoms with E-state index in [0.717, 1.165) is 23.3 Å². The molecule has 3 rings (SSSR count). The fraction of sp³-hybridized carbons (Fsp3) is 0.364. The first-order valence-corrected chi connectivity index (χ1v) is 9.63. The summed E-state index contributed by atoms with van der Waals surface area (Å²) in [5.74, 6) is -0.637. The third kappa shape index (κ3) is 4.28. The number of rotatable bonds is 6. The Morgan fingerprint density at radius 2 is 1.90 bits per heavy atom. The van der Waals surface area contributed by atoms with Gasteiger partial charge in [0.15, 0.2) is 0 Å². The lowest BCUT2D eigenvalue weighted by Gasteiger charge is -2.23. The standard InChI is InChI=1S/C22H24F3N3O/c1-4-27(5-2)20(29)13-18(16-9-6-10-17(12-16)22(23,24)25)19-14-26-21-15(3)8-7-11-28(19)21/h6-12,14,18H,4-5,13H2,1-3H3. The van der Waals surface area contributed by atoms with Crippen LogP contribution in [0.4, 0.5) is 13.2 Å². The molecule has 3 aromatic rings. The van der Waals surface area contributed by atoms with Crippen LogP contribution in [0.3, 0.4) is 0 Å². The van der Waals surface area contributed by atoms with Crippen LogP contribution in [-0.2, 0) is 11.0 Å². The summed E-state index contributed by atoms with van der Waals surface area (Å²) in [5, 5.41) is 0. The fourth-order valence-corrected chi connectivity index (χ4v) is 3.63. The van der Waals surface area contributed by atoms with Crippen LogP contribution < -0.4 is 0 Å². The molecule has 0 saturated carbocycles. The third-order valence-electron chi connectivity index (χ3n) is 5.23. The molecule has 7 heteroatoms. The predicted octanol–water partition coefficient (Wildman–Crippen LogP) is 5.05. The molecule has 1 atom stereocenters. The highest BCUT2D eigenvalue weighted by molar-refractivity contribution is 5.77. The SMILES string of the molecule is CCN(CC)C(=O)CC(c1cccc(C(F)(F)F)c1)c1cnc2c(C)cccn12. The molecule has 4 nitrogen and oxygen atoms in total. The molecular formula is C22H24F3N3O. The molecule has 1 amide bonds. The Morgan fingerprint density at radius 3 is 2.55 bits per heavy atom. The van der Waals surface area contributed by atoms with Crippen molar-refractivity contribution in [3.8, 4) is 0 Å². The molecule has 0 radical (unpaired) electrons. The second-order valence-corrected chi connectivity index (χ2v) is 7.01. The minimum Gasteiger partial charge on any atom is -0.343 e. The summed E-state index contributed by atoms with van der Waals surface area (Å²) in [6.45, 7) is 6.80. The van der Waals surface area contributed by atoms with Gasteiger partial charge in [-0.1, -0.05) is 24.3 Å². The molecule has 0 bridgehead atoms. The van der Waals surface area contributed by atoms with Crippen molar-refractivity contribution in [3.05, 3.63) is 71.2 Å². The second-order valence-electron chi connectivity index (χ2n) is 7.01. The Morgan fingerprint density at radius 1 is 1.17 bits per heavy atom. The smallest absolute Gasteiger partial charge is 0.343 e. The number of aryl methyl sites for hydroxylation is 1. The number of alkyl halides is 3. The lowest BCUT2D eigenvalue weighted by atomic mass is 9.90. The van der Waals surface area contributed by atoms with E-state index in [2.05, 4.69) is 4.98 Å². The van der Waals surface area contributed by atoms with Gasteiger partial charge in [-0.05, 0) is 44.0 Å². The molecule has 0 N–H and O–H groups in total. The zero-order chi connectivity index (χ0) is 21.2. The number of imidazole rings is 1. The molecular weight excluding hydrogens is 379 g/mol. The highest BCUT2D eigenvalue weighted by atomic mass is 19.4. The van der Waals surface area contributed by atoms with Crippen LogP contribution in [0.1, 0.15) is 48.6 Å². The summed E-state index contributed by atoms with van der Waals surface area (Å²) in [6.07, 6.45) is -0.889. The topological polar surface area (TPSA) is 37.6 Å². The average Bonchev–Trinajstić information content (AvgIpc) is 3.12. The molecule has 2 aromatic heterocycles. The number of benzene rings is 1. The highest BCUT2D eigenvalue weighted by Crippen LogP contribution is 2.35. The Labute approximate surface area is 168 Å². The largest absolute Gasteiger partial charge is 0.416 e. The molecule has 1 unspecified atom stereocenters. The molecule has 1 aromatic carbocycles. The molecule has 29 heavy (non-hydrogen) atoms. The van der Waals surface area contributed by atoms with E-state index in [-0.39, 0.29) is 12.3 Å². The number of carbonyl (C=O) groups excluding carboxylic acids is 1. The Balaban J connectivity index is 2.12. The first-order valence-electron chi connectivity index (χ1n) is 9.63. The van der Waals surface area contributed by atoms with E-state index >= 15 is 0 Å². The number of halogens is 3. The lowest BCUT2D eigenvalue weighted by molar-refractivity contribution is -0.137. The molecule has 0 spiro atoms. The zero-order valence-electron chi connectivity index (χ0n) is 16.7. The van der Waals surface area contributed by atoms with E-state index in [9.17, 15) is 18.0 Å². The molecule has 154 valence electrons. The summed E-state index contributed by atoms with van der Waals surface area (Å²) in [5.41, 5.74) is 2.11. The van der Waals surface area contributed by atoms with Crippen molar-refractivity contribution in [1.82, 2.24) is 14.3 Å². The average molecular weight is 403 g/mol. The zero-order valence-corrected chi connectivity index (χ0v) is 16.7. The van der Waals surface area contributed by atoms with Crippen LogP contribution in [0.5, 0.6) is 0 Å². The van der Waals surface area contributed by atoms with Gasteiger partial charge in [0.1, 0.15) is 5.65 Å². The van der Waals surface area contributed by atoms with Crippen LogP contribution >= 0.6 is 0 Å². The molecule has 0 saturated heterocycles. The number of aromatic nitrogens is 2. The van der Waals surface area contributed by atoms with Gasteiger partial charge in [-0.25, -0.2) is 4.98 Å². The van der Waals surface area contributed by atoms with Gasteiger partial charge in [-0.2, -0.15) is 13.2 Å². The van der Waals surface area contributed by atoms with E-state index in [1.807, 2.05) is 43.5 Å². The van der Waals surface area contributed by atoms with Crippen LogP contribution in [0.15, 0.2) is 48.8 Å². The molecule has 0 aliphatic heterocycles. The molecule has 0 fully saturated rings. The number of pyridine rings is 1. The van der Waals surface area contributed by atoms with Gasteiger partial charge in [0.05, 0.1) is 11.3 Å². The Kier molecular flexibility index (Phi) is 5.96. The summed E-state index contributed by atoms with van der Waals surface area (Å²) < 4.78 is 41.7. The van der Waals surface area contributed by atoms with Gasteiger partial charge >= 0.3 is 6.18 Å². The summed E-state index contributed by atoms with van der Waals surface area (Å²) in [6, 6.07) is 9.00. The first-order chi connectivity index (χ1) is 13.8. The van der Waals surface area contributed by atoms with E-state index in [0.29, 0.717) is 24.3 Å². The van der Waals surface area contributed by atoms with Gasteiger partial charge in [0, 0.05) is 37.8 Å². The minimum absolute atomic E-state index is 0.0741. The fourth-order valence-electron chi connectivity index (χ4n) is 3.63. The summed E-state index contributed by atoms with van der Waals surface area (Å²) in [4.78, 5) is 19.0. The maximum absolute atomic E-state index is 13.3. The Hall–Kier alpha value is -2.83. The molecule has 2 heterocycles. The van der Waals surface area contributed by atoms with Gasteiger partial charge in [-0.3, -0.25) is 4.79 Å². The quantitative estimate of drug-likeness (QED) is 0.578. The number of nitrogens with zero attached hydrogens (tertiary/aromatic N) is 3. The van der Waals surface area contributed by atoms with Crippen molar-refractivity contribution < 1.29 is 18.0 Å². The number of amides is 1. The second kappa shape index (κ2) is 8.27. The van der Waals surface area contributed by atoms with Crippen molar-refractivity contribution in [2.45, 2.75) is 39.3 Å². The normalized spacial score (nSPS) is 12.9. The van der Waals surface area contributed by atoms with Crippen molar-refractivity contribution in [1.29, 1.82) is 0 Å². The summed E-state index contributed by atoms with van der Waals surface area (Å²) >= 11 is 0. The van der Waals surface area contributed by atoms with Crippen LogP contribution in [0, 0.1) is 6.92 Å². The van der Waals surface area contributed by atoms with E-state index in [4.69, 9.17) is 0 Å². The maximum atomic E-state index is 13.3. The van der Waals surface area contributed by atoms with Crippen molar-refractivity contribution in [2.24, 2.45) is 0 Å². The van der Waals surface area contributed by atoms with Gasteiger partial charge < -0.3 is 9.30 Å². The van der Waals surface area contributed by atoms with Gasteiger partial charge in [0.2, 0.25) is 5.91 Å². The van der Waals surface area contributed by atoms with Crippen LogP contribution in [0.25, 0.3) is 5.65 Å². The van der Waals surface area contributed by atoms with Crippen molar-refractivity contribution >= 4 is 11.6 Å². The highest BCUT2D eigenvalue weighted by Gasteiger charge is 2.32. The number of hydrogen-bond acceptors (Lipinski definition) is 2. The van der Waals surface area contributed by atoms with Gasteiger partial charge in [0.25, 0.3) is 0 Å².